The summed E-state index contributed by atoms with van der Waals surface area (Å²) in [5, 5.41) is 0. The lowest BCUT2D eigenvalue weighted by Gasteiger charge is -2.32. The molecule has 0 radical (unpaired) electrons. The highest BCUT2D eigenvalue weighted by Crippen LogP contribution is 2.23. The number of morpholine rings is 1. The number of hydrogen-bond acceptors (Lipinski definition) is 4. The van der Waals surface area contributed by atoms with Gasteiger partial charge >= 0.3 is 0 Å². The molecule has 2 N–H and O–H groups in total. The molecule has 0 saturated carbocycles. The molecule has 1 aromatic carbocycles. The monoisotopic (exact) mass is 264 g/mol. The zero-order valence-electron chi connectivity index (χ0n) is 11.8. The zero-order valence-corrected chi connectivity index (χ0v) is 11.8. The van der Waals surface area contributed by atoms with Crippen molar-refractivity contribution in [2.75, 3.05) is 32.8 Å². The van der Waals surface area contributed by atoms with E-state index in [1.165, 1.54) is 0 Å². The Morgan fingerprint density at radius 3 is 3.00 bits per heavy atom. The lowest BCUT2D eigenvalue weighted by Crippen LogP contribution is -2.44. The second-order valence-corrected chi connectivity index (χ2v) is 5.02. The van der Waals surface area contributed by atoms with E-state index in [2.05, 4.69) is 11.8 Å². The van der Waals surface area contributed by atoms with E-state index in [9.17, 15) is 0 Å². The van der Waals surface area contributed by atoms with Crippen LogP contribution in [0.4, 0.5) is 0 Å². The van der Waals surface area contributed by atoms with Crippen molar-refractivity contribution in [3.8, 4) is 5.75 Å². The highest BCUT2D eigenvalue weighted by molar-refractivity contribution is 5.35. The fraction of sp³-hybridized carbons (Fsp3) is 0.600. The van der Waals surface area contributed by atoms with Gasteiger partial charge in [0.15, 0.2) is 0 Å². The molecular weight excluding hydrogens is 240 g/mol. The van der Waals surface area contributed by atoms with E-state index in [1.807, 2.05) is 31.2 Å². The first-order valence-electron chi connectivity index (χ1n) is 7.02. The minimum atomic E-state index is -0.0179. The Bertz CT molecular complexity index is 395. The molecule has 2 rings (SSSR count). The van der Waals surface area contributed by atoms with Crippen molar-refractivity contribution in [3.63, 3.8) is 0 Å². The van der Waals surface area contributed by atoms with Crippen LogP contribution >= 0.6 is 0 Å². The van der Waals surface area contributed by atoms with E-state index in [-0.39, 0.29) is 12.1 Å². The predicted octanol–water partition coefficient (Wildman–Crippen LogP) is 1.81. The van der Waals surface area contributed by atoms with Gasteiger partial charge < -0.3 is 15.2 Å². The molecule has 1 heterocycles. The van der Waals surface area contributed by atoms with Crippen LogP contribution in [0.15, 0.2) is 24.3 Å². The molecule has 1 fully saturated rings. The van der Waals surface area contributed by atoms with E-state index in [0.29, 0.717) is 6.61 Å². The molecule has 0 aromatic heterocycles. The normalized spacial score (nSPS) is 22.2. The van der Waals surface area contributed by atoms with Crippen molar-refractivity contribution < 1.29 is 9.47 Å². The van der Waals surface area contributed by atoms with Gasteiger partial charge in [0.1, 0.15) is 18.5 Å². The van der Waals surface area contributed by atoms with E-state index in [4.69, 9.17) is 15.2 Å². The third-order valence-corrected chi connectivity index (χ3v) is 3.50. The largest absolute Gasteiger partial charge is 0.490 e. The lowest BCUT2D eigenvalue weighted by molar-refractivity contribution is -0.0465. The zero-order chi connectivity index (χ0) is 13.7. The Kier molecular flexibility index (Phi) is 5.19. The quantitative estimate of drug-likeness (QED) is 0.881. The van der Waals surface area contributed by atoms with Gasteiger partial charge in [0.05, 0.1) is 6.61 Å². The Labute approximate surface area is 115 Å². The SMILES string of the molecule is CCN1CCOC(COc2ccccc2[C@@H](C)N)C1. The Hall–Kier alpha value is -1.10. The molecule has 0 amide bonds. The number of ether oxygens (including phenoxy) is 2. The van der Waals surface area contributed by atoms with Crippen LogP contribution in [-0.4, -0.2) is 43.9 Å². The van der Waals surface area contributed by atoms with Crippen LogP contribution in [0.5, 0.6) is 5.75 Å². The van der Waals surface area contributed by atoms with E-state index in [1.54, 1.807) is 0 Å². The van der Waals surface area contributed by atoms with Crippen molar-refractivity contribution in [2.45, 2.75) is 26.0 Å². The molecule has 19 heavy (non-hydrogen) atoms. The topological polar surface area (TPSA) is 47.7 Å². The minimum absolute atomic E-state index is 0.0179. The summed E-state index contributed by atoms with van der Waals surface area (Å²) >= 11 is 0. The van der Waals surface area contributed by atoms with Crippen molar-refractivity contribution >= 4 is 0 Å². The van der Waals surface area contributed by atoms with E-state index >= 15 is 0 Å². The maximum atomic E-state index is 5.95. The summed E-state index contributed by atoms with van der Waals surface area (Å²) < 4.78 is 11.6. The van der Waals surface area contributed by atoms with Crippen molar-refractivity contribution in [3.05, 3.63) is 29.8 Å². The number of benzene rings is 1. The molecule has 1 aromatic rings. The number of likely N-dealkylation sites (N-methyl/N-ethyl adjacent to an activating group) is 1. The average molecular weight is 264 g/mol. The van der Waals surface area contributed by atoms with Crippen LogP contribution in [0.25, 0.3) is 0 Å². The molecule has 1 aliphatic rings. The fourth-order valence-electron chi connectivity index (χ4n) is 2.34. The van der Waals surface area contributed by atoms with Crippen LogP contribution in [0.2, 0.25) is 0 Å². The smallest absolute Gasteiger partial charge is 0.124 e. The van der Waals surface area contributed by atoms with Gasteiger partial charge in [-0.3, -0.25) is 4.90 Å². The van der Waals surface area contributed by atoms with Crippen molar-refractivity contribution in [1.82, 2.24) is 4.90 Å². The number of nitrogens with zero attached hydrogens (tertiary/aromatic N) is 1. The van der Waals surface area contributed by atoms with Crippen LogP contribution in [-0.2, 0) is 4.74 Å². The number of rotatable bonds is 5. The number of nitrogens with two attached hydrogens (primary N) is 1. The molecule has 4 nitrogen and oxygen atoms in total. The van der Waals surface area contributed by atoms with Gasteiger partial charge in [-0.05, 0) is 19.5 Å². The number of hydrogen-bond donors (Lipinski definition) is 1. The molecule has 0 bridgehead atoms. The summed E-state index contributed by atoms with van der Waals surface area (Å²) in [5.74, 6) is 0.870. The van der Waals surface area contributed by atoms with Gasteiger partial charge in [-0.1, -0.05) is 25.1 Å². The number of para-hydroxylation sites is 1. The minimum Gasteiger partial charge on any atom is -0.490 e. The van der Waals surface area contributed by atoms with E-state index in [0.717, 1.165) is 37.6 Å². The van der Waals surface area contributed by atoms with E-state index < -0.39 is 0 Å². The molecule has 4 heteroatoms. The third kappa shape index (κ3) is 3.93. The summed E-state index contributed by atoms with van der Waals surface area (Å²) in [6.07, 6.45) is 0.148. The van der Waals surface area contributed by atoms with Gasteiger partial charge in [-0.2, -0.15) is 0 Å². The lowest BCUT2D eigenvalue weighted by atomic mass is 10.1. The second kappa shape index (κ2) is 6.89. The fourth-order valence-corrected chi connectivity index (χ4v) is 2.34. The highest BCUT2D eigenvalue weighted by Gasteiger charge is 2.20. The molecule has 1 saturated heterocycles. The summed E-state index contributed by atoms with van der Waals surface area (Å²) in [6, 6.07) is 7.93. The van der Waals surface area contributed by atoms with Crippen LogP contribution in [0, 0.1) is 0 Å². The Morgan fingerprint density at radius 2 is 2.26 bits per heavy atom. The molecular formula is C15H24N2O2. The van der Waals surface area contributed by atoms with Crippen LogP contribution < -0.4 is 10.5 Å². The average Bonchev–Trinajstić information content (AvgIpc) is 2.45. The van der Waals surface area contributed by atoms with Crippen LogP contribution in [0.3, 0.4) is 0 Å². The maximum Gasteiger partial charge on any atom is 0.124 e. The van der Waals surface area contributed by atoms with Crippen molar-refractivity contribution in [2.24, 2.45) is 5.73 Å². The second-order valence-electron chi connectivity index (χ2n) is 5.02. The molecule has 2 atom stereocenters. The molecule has 0 aliphatic carbocycles. The van der Waals surface area contributed by atoms with Gasteiger partial charge in [0.25, 0.3) is 0 Å². The van der Waals surface area contributed by atoms with Gasteiger partial charge in [0, 0.05) is 24.7 Å². The summed E-state index contributed by atoms with van der Waals surface area (Å²) in [7, 11) is 0. The molecule has 1 aliphatic heterocycles. The first-order valence-corrected chi connectivity index (χ1v) is 7.02. The summed E-state index contributed by atoms with van der Waals surface area (Å²) in [6.45, 7) is 8.54. The van der Waals surface area contributed by atoms with Gasteiger partial charge in [-0.15, -0.1) is 0 Å². The summed E-state index contributed by atoms with van der Waals surface area (Å²) in [4.78, 5) is 2.38. The maximum absolute atomic E-state index is 5.95. The van der Waals surface area contributed by atoms with Crippen LogP contribution in [0.1, 0.15) is 25.5 Å². The highest BCUT2D eigenvalue weighted by atomic mass is 16.5. The Balaban J connectivity index is 1.91. The van der Waals surface area contributed by atoms with Gasteiger partial charge in [0.2, 0.25) is 0 Å². The standard InChI is InChI=1S/C15H24N2O2/c1-3-17-8-9-18-13(10-17)11-19-15-7-5-4-6-14(15)12(2)16/h4-7,12-13H,3,8-11,16H2,1-2H3/t12-,13?/m1/s1. The Morgan fingerprint density at radius 1 is 1.47 bits per heavy atom. The van der Waals surface area contributed by atoms with Crippen molar-refractivity contribution in [1.29, 1.82) is 0 Å². The first kappa shape index (κ1) is 14.3. The third-order valence-electron chi connectivity index (χ3n) is 3.50. The summed E-state index contributed by atoms with van der Waals surface area (Å²) in [5.41, 5.74) is 6.99. The molecule has 0 spiro atoms. The van der Waals surface area contributed by atoms with Gasteiger partial charge in [-0.25, -0.2) is 0 Å². The first-order chi connectivity index (χ1) is 9.20. The molecule has 106 valence electrons. The predicted molar refractivity (Wildman–Crippen MR) is 76.4 cm³/mol. The molecule has 1 unspecified atom stereocenters.